The van der Waals surface area contributed by atoms with Gasteiger partial charge in [-0.1, -0.05) is 120 Å². The third-order valence-electron chi connectivity index (χ3n) is 8.48. The maximum absolute atomic E-state index is 11.5. The van der Waals surface area contributed by atoms with Crippen molar-refractivity contribution in [2.45, 2.75) is 72.3 Å². The van der Waals surface area contributed by atoms with E-state index in [0.717, 1.165) is 16.9 Å². The van der Waals surface area contributed by atoms with Gasteiger partial charge in [0.15, 0.2) is 0 Å². The summed E-state index contributed by atoms with van der Waals surface area (Å²) in [5.74, 6) is 0.599. The summed E-state index contributed by atoms with van der Waals surface area (Å²) >= 11 is 0. The lowest BCUT2D eigenvalue weighted by molar-refractivity contribution is -0.0313. The van der Waals surface area contributed by atoms with Crippen LogP contribution in [0.15, 0.2) is 96.6 Å². The van der Waals surface area contributed by atoms with Gasteiger partial charge in [-0.2, -0.15) is 0 Å². The topological polar surface area (TPSA) is 68.2 Å². The molecule has 0 aliphatic carbocycles. The molecule has 0 aromatic heterocycles. The van der Waals surface area contributed by atoms with Crippen LogP contribution < -0.4 is 15.1 Å². The first-order chi connectivity index (χ1) is 20.4. The summed E-state index contributed by atoms with van der Waals surface area (Å²) < 4.78 is 18.7. The maximum Gasteiger partial charge on any atom is 0.261 e. The quantitative estimate of drug-likeness (QED) is 0.156. The zero-order chi connectivity index (χ0) is 31.6. The van der Waals surface area contributed by atoms with Crippen LogP contribution in [-0.4, -0.2) is 51.1 Å². The van der Waals surface area contributed by atoms with E-state index in [2.05, 4.69) is 89.2 Å². The fourth-order valence-electron chi connectivity index (χ4n) is 6.02. The van der Waals surface area contributed by atoms with Crippen LogP contribution in [0.5, 0.6) is 5.75 Å². The van der Waals surface area contributed by atoms with Gasteiger partial charge in [0.05, 0.1) is 25.9 Å². The first-order valence-electron chi connectivity index (χ1n) is 15.4. The van der Waals surface area contributed by atoms with Crippen LogP contribution in [0.2, 0.25) is 5.04 Å². The predicted octanol–water partition coefficient (Wildman–Crippen LogP) is 6.36. The molecule has 0 fully saturated rings. The van der Waals surface area contributed by atoms with E-state index in [1.807, 2.05) is 50.2 Å². The molecule has 5 nitrogen and oxygen atoms in total. The fourth-order valence-corrected chi connectivity index (χ4v) is 10.7. The Morgan fingerprint density at radius 2 is 1.37 bits per heavy atom. The van der Waals surface area contributed by atoms with Gasteiger partial charge in [-0.3, -0.25) is 0 Å². The second-order valence-electron chi connectivity index (χ2n) is 12.9. The summed E-state index contributed by atoms with van der Waals surface area (Å²) in [7, 11) is -1.05. The van der Waals surface area contributed by atoms with Crippen LogP contribution >= 0.6 is 0 Å². The van der Waals surface area contributed by atoms with Gasteiger partial charge < -0.3 is 24.1 Å². The zero-order valence-corrected chi connectivity index (χ0v) is 28.3. The Morgan fingerprint density at radius 1 is 0.837 bits per heavy atom. The molecule has 234 valence electrons. The van der Waals surface area contributed by atoms with Crippen molar-refractivity contribution in [2.75, 3.05) is 20.3 Å². The first kappa shape index (κ1) is 34.7. The molecule has 3 aromatic carbocycles. The van der Waals surface area contributed by atoms with Gasteiger partial charge in [-0.05, 0) is 45.6 Å². The van der Waals surface area contributed by atoms with Crippen LogP contribution in [0.1, 0.15) is 54.0 Å². The zero-order valence-electron chi connectivity index (χ0n) is 27.3. The van der Waals surface area contributed by atoms with Gasteiger partial charge in [0.25, 0.3) is 8.32 Å². The summed E-state index contributed by atoms with van der Waals surface area (Å²) in [5, 5.41) is 23.8. The molecule has 0 spiro atoms. The lowest BCUT2D eigenvalue weighted by atomic mass is 9.89. The predicted molar refractivity (Wildman–Crippen MR) is 179 cm³/mol. The van der Waals surface area contributed by atoms with Crippen molar-refractivity contribution >= 4 is 18.7 Å². The number of rotatable bonds is 15. The molecule has 0 amide bonds. The highest BCUT2D eigenvalue weighted by atomic mass is 28.4. The van der Waals surface area contributed by atoms with Crippen molar-refractivity contribution in [3.05, 3.63) is 102 Å². The number of hydrogen-bond donors (Lipinski definition) is 2. The molecule has 0 radical (unpaired) electrons. The summed E-state index contributed by atoms with van der Waals surface area (Å²) in [4.78, 5) is 0. The van der Waals surface area contributed by atoms with Gasteiger partial charge in [-0.15, -0.1) is 0 Å². The number of ether oxygens (including phenoxy) is 2. The molecule has 2 N–H and O–H groups in total. The van der Waals surface area contributed by atoms with Crippen molar-refractivity contribution in [1.82, 2.24) is 0 Å². The van der Waals surface area contributed by atoms with Gasteiger partial charge in [0.2, 0.25) is 0 Å². The summed E-state index contributed by atoms with van der Waals surface area (Å²) in [6.07, 6.45) is 1.21. The van der Waals surface area contributed by atoms with Gasteiger partial charge in [0.1, 0.15) is 5.75 Å². The first-order valence-corrected chi connectivity index (χ1v) is 17.3. The molecule has 0 saturated heterocycles. The van der Waals surface area contributed by atoms with Crippen LogP contribution in [0.4, 0.5) is 0 Å². The number of hydrogen-bond acceptors (Lipinski definition) is 5. The van der Waals surface area contributed by atoms with E-state index >= 15 is 0 Å². The van der Waals surface area contributed by atoms with E-state index in [9.17, 15) is 10.2 Å². The Morgan fingerprint density at radius 3 is 1.84 bits per heavy atom. The number of aliphatic hydroxyl groups excluding tert-OH is 2. The Kier molecular flexibility index (Phi) is 12.8. The van der Waals surface area contributed by atoms with Crippen molar-refractivity contribution in [3.8, 4) is 5.75 Å². The molecule has 0 aliphatic rings. The third-order valence-corrected chi connectivity index (χ3v) is 13.5. The molecule has 3 rings (SSSR count). The molecular weight excluding hydrogens is 552 g/mol. The van der Waals surface area contributed by atoms with Crippen molar-refractivity contribution in [3.63, 3.8) is 0 Å². The lowest BCUT2D eigenvalue weighted by Gasteiger charge is -2.43. The summed E-state index contributed by atoms with van der Waals surface area (Å²) in [6, 6.07) is 29.0. The molecule has 0 aliphatic heterocycles. The Bertz CT molecular complexity index is 1210. The second kappa shape index (κ2) is 15.8. The van der Waals surface area contributed by atoms with E-state index in [0.29, 0.717) is 13.2 Å². The smallest absolute Gasteiger partial charge is 0.261 e. The SMILES string of the molecule is COc1ccc(CO[C@@H]([C@H](C)/C=C(\C)C(O)[C@@H](C)CO[Si](c2ccccc2)(c2ccccc2)C(C)(C)C)[C@@H](C)CO)cc1. The average molecular weight is 605 g/mol. The van der Waals surface area contributed by atoms with Crippen molar-refractivity contribution < 1.29 is 24.1 Å². The standard InChI is InChI=1S/C37H52O5Si/c1-27(23-28(2)36(29(3)24-38)41-26-31-19-21-32(40-8)22-20-31)35(39)30(4)25-42-43(37(5,6)7,33-15-11-9-12-16-33)34-17-13-10-14-18-34/h9-23,28-30,35-36,38-39H,24-26H2,1-8H3/b27-23+/t28-,29+,30+,35?,36+/m1/s1. The average Bonchev–Trinajstić information content (AvgIpc) is 3.01. The minimum absolute atomic E-state index is 0.0140. The molecule has 6 heteroatoms. The molecule has 43 heavy (non-hydrogen) atoms. The van der Waals surface area contributed by atoms with Crippen LogP contribution in [0, 0.1) is 17.8 Å². The molecule has 0 saturated carbocycles. The van der Waals surface area contributed by atoms with E-state index in [-0.39, 0.29) is 35.5 Å². The van der Waals surface area contributed by atoms with Crippen molar-refractivity contribution in [1.29, 1.82) is 0 Å². The van der Waals surface area contributed by atoms with Crippen LogP contribution in [0.25, 0.3) is 0 Å². The largest absolute Gasteiger partial charge is 0.497 e. The Balaban J connectivity index is 1.78. The fraction of sp³-hybridized carbons (Fsp3) is 0.459. The monoisotopic (exact) mass is 604 g/mol. The number of aliphatic hydroxyl groups is 2. The van der Waals surface area contributed by atoms with Gasteiger partial charge in [-0.25, -0.2) is 0 Å². The minimum Gasteiger partial charge on any atom is -0.497 e. The highest BCUT2D eigenvalue weighted by Gasteiger charge is 2.50. The molecule has 0 heterocycles. The minimum atomic E-state index is -2.70. The Hall–Kier alpha value is -2.74. The van der Waals surface area contributed by atoms with E-state index in [1.54, 1.807) is 7.11 Å². The van der Waals surface area contributed by atoms with E-state index in [1.165, 1.54) is 10.4 Å². The van der Waals surface area contributed by atoms with Gasteiger partial charge in [0, 0.05) is 31.0 Å². The van der Waals surface area contributed by atoms with Crippen LogP contribution in [-0.2, 0) is 15.8 Å². The molecule has 0 bridgehead atoms. The normalized spacial score (nSPS) is 16.3. The highest BCUT2D eigenvalue weighted by Crippen LogP contribution is 2.37. The summed E-state index contributed by atoms with van der Waals surface area (Å²) in [5.41, 5.74) is 1.92. The molecule has 3 aromatic rings. The van der Waals surface area contributed by atoms with E-state index < -0.39 is 14.4 Å². The maximum atomic E-state index is 11.5. The number of benzene rings is 3. The second-order valence-corrected chi connectivity index (χ2v) is 17.3. The third kappa shape index (κ3) is 8.67. The molecule has 5 atom stereocenters. The highest BCUT2D eigenvalue weighted by molar-refractivity contribution is 6.99. The summed E-state index contributed by atoms with van der Waals surface area (Å²) in [6.45, 7) is 15.8. The van der Waals surface area contributed by atoms with E-state index in [4.69, 9.17) is 13.9 Å². The lowest BCUT2D eigenvalue weighted by Crippen LogP contribution is -2.67. The molecule has 1 unspecified atom stereocenters. The van der Waals surface area contributed by atoms with Crippen molar-refractivity contribution in [2.24, 2.45) is 17.8 Å². The van der Waals surface area contributed by atoms with Crippen LogP contribution in [0.3, 0.4) is 0 Å². The number of methoxy groups -OCH3 is 1. The molecular formula is C37H52O5Si. The van der Waals surface area contributed by atoms with Gasteiger partial charge >= 0.3 is 0 Å². The Labute approximate surface area is 260 Å².